The smallest absolute Gasteiger partial charge is 0.224 e. The predicted octanol–water partition coefficient (Wildman–Crippen LogP) is 4.43. The van der Waals surface area contributed by atoms with Gasteiger partial charge in [0.15, 0.2) is 17.3 Å². The number of aliphatic hydroxyl groups excluding tert-OH is 1. The van der Waals surface area contributed by atoms with Crippen LogP contribution < -0.4 is 16.4 Å². The molecule has 3 aromatic rings. The van der Waals surface area contributed by atoms with E-state index in [1.54, 1.807) is 6.20 Å². The van der Waals surface area contributed by atoms with Crippen molar-refractivity contribution in [2.75, 3.05) is 10.6 Å². The summed E-state index contributed by atoms with van der Waals surface area (Å²) in [4.78, 5) is 25.4. The number of rotatable bonds is 6. The summed E-state index contributed by atoms with van der Waals surface area (Å²) in [6, 6.07) is 2.58. The van der Waals surface area contributed by atoms with E-state index in [1.807, 2.05) is 4.57 Å². The van der Waals surface area contributed by atoms with Crippen LogP contribution in [-0.4, -0.2) is 42.7 Å². The predicted molar refractivity (Wildman–Crippen MR) is 132 cm³/mol. The quantitative estimate of drug-likeness (QED) is 0.354. The Hall–Kier alpha value is -3.05. The van der Waals surface area contributed by atoms with E-state index in [-0.39, 0.29) is 46.7 Å². The van der Waals surface area contributed by atoms with Crippen LogP contribution in [0.2, 0.25) is 5.02 Å². The first-order valence-electron chi connectivity index (χ1n) is 12.2. The van der Waals surface area contributed by atoms with Gasteiger partial charge in [-0.3, -0.25) is 9.36 Å². The molecule has 2 fully saturated rings. The van der Waals surface area contributed by atoms with Crippen molar-refractivity contribution in [1.29, 1.82) is 0 Å². The number of amides is 1. The number of benzene rings is 1. The molecule has 5 N–H and O–H groups in total. The molecule has 0 saturated heterocycles. The highest BCUT2D eigenvalue weighted by atomic mass is 35.5. The molecule has 9 nitrogen and oxygen atoms in total. The van der Waals surface area contributed by atoms with Crippen LogP contribution in [0.5, 0.6) is 0 Å². The Morgan fingerprint density at radius 1 is 1.11 bits per heavy atom. The van der Waals surface area contributed by atoms with Crippen molar-refractivity contribution in [3.63, 3.8) is 0 Å². The fraction of sp³-hybridized carbons (Fsp3) is 0.500. The maximum atomic E-state index is 14.6. The molecule has 0 radical (unpaired) electrons. The standard InChI is InChI=1S/C24H28ClF2N7O2/c25-16-8-9-17(20(27)19(16)26)31-24-32-18-11-29-23(30-13-2-1-3-15(35)10-13)33-22(18)34(24)14-6-4-12(5-7-14)21(28)36/h8-9,11-15,35H,1-7,10H2,(H2,28,36)(H,31,32)(H,29,30,33)/t12?,13-,14?,15-/m1/s1. The maximum Gasteiger partial charge on any atom is 0.224 e. The van der Waals surface area contributed by atoms with E-state index in [0.717, 1.165) is 19.3 Å². The zero-order valence-electron chi connectivity index (χ0n) is 19.6. The largest absolute Gasteiger partial charge is 0.393 e. The third-order valence-corrected chi connectivity index (χ3v) is 7.45. The summed E-state index contributed by atoms with van der Waals surface area (Å²) in [7, 11) is 0. The van der Waals surface area contributed by atoms with E-state index in [4.69, 9.17) is 22.3 Å². The topological polar surface area (TPSA) is 131 Å². The van der Waals surface area contributed by atoms with Crippen molar-refractivity contribution < 1.29 is 18.7 Å². The Morgan fingerprint density at radius 3 is 2.61 bits per heavy atom. The Balaban J connectivity index is 1.51. The van der Waals surface area contributed by atoms with Gasteiger partial charge in [-0.25, -0.2) is 18.7 Å². The first-order valence-corrected chi connectivity index (χ1v) is 12.6. The normalized spacial score (nSPS) is 24.6. The van der Waals surface area contributed by atoms with Crippen molar-refractivity contribution in [2.24, 2.45) is 11.7 Å². The van der Waals surface area contributed by atoms with Gasteiger partial charge in [-0.15, -0.1) is 0 Å². The first kappa shape index (κ1) is 24.6. The molecular formula is C24H28ClF2N7O2. The van der Waals surface area contributed by atoms with Crippen molar-refractivity contribution >= 4 is 46.3 Å². The molecule has 0 aliphatic heterocycles. The second-order valence-corrected chi connectivity index (χ2v) is 10.0. The summed E-state index contributed by atoms with van der Waals surface area (Å²) in [6.07, 6.45) is 6.97. The number of imidazole rings is 1. The number of aromatic nitrogens is 4. The second kappa shape index (κ2) is 10.1. The average molecular weight is 520 g/mol. The van der Waals surface area contributed by atoms with E-state index in [9.17, 15) is 18.7 Å². The molecule has 2 aliphatic carbocycles. The molecule has 36 heavy (non-hydrogen) atoms. The maximum absolute atomic E-state index is 14.6. The van der Waals surface area contributed by atoms with Crippen LogP contribution in [0.25, 0.3) is 11.2 Å². The van der Waals surface area contributed by atoms with Crippen LogP contribution in [0.3, 0.4) is 0 Å². The van der Waals surface area contributed by atoms with Crippen LogP contribution in [0, 0.1) is 17.6 Å². The molecule has 1 amide bonds. The highest BCUT2D eigenvalue weighted by Crippen LogP contribution is 2.37. The minimum atomic E-state index is -1.15. The Kier molecular flexibility index (Phi) is 6.94. The van der Waals surface area contributed by atoms with Crippen molar-refractivity contribution in [1.82, 2.24) is 19.5 Å². The third kappa shape index (κ3) is 4.94. The van der Waals surface area contributed by atoms with Gasteiger partial charge in [-0.2, -0.15) is 4.98 Å². The molecule has 2 atom stereocenters. The molecule has 0 bridgehead atoms. The molecule has 2 aliphatic rings. The number of fused-ring (bicyclic) bond motifs is 1. The average Bonchev–Trinajstić information content (AvgIpc) is 3.21. The molecule has 5 rings (SSSR count). The Morgan fingerprint density at radius 2 is 1.89 bits per heavy atom. The highest BCUT2D eigenvalue weighted by Gasteiger charge is 2.30. The van der Waals surface area contributed by atoms with E-state index < -0.39 is 11.6 Å². The SMILES string of the molecule is NC(=O)C1CCC(n2c(Nc3ccc(Cl)c(F)c3F)nc3cnc(N[C@@H]4CCC[C@@H](O)C4)nc32)CC1. The third-order valence-electron chi connectivity index (χ3n) is 7.16. The highest BCUT2D eigenvalue weighted by molar-refractivity contribution is 6.30. The summed E-state index contributed by atoms with van der Waals surface area (Å²) in [5.41, 5.74) is 6.42. The Bertz CT molecular complexity index is 1280. The van der Waals surface area contributed by atoms with Crippen LogP contribution in [0.4, 0.5) is 26.4 Å². The lowest BCUT2D eigenvalue weighted by Gasteiger charge is -2.29. The number of primary amides is 1. The van der Waals surface area contributed by atoms with Crippen LogP contribution >= 0.6 is 11.6 Å². The van der Waals surface area contributed by atoms with Crippen LogP contribution in [-0.2, 0) is 4.79 Å². The van der Waals surface area contributed by atoms with Gasteiger partial charge >= 0.3 is 0 Å². The first-order chi connectivity index (χ1) is 17.3. The zero-order chi connectivity index (χ0) is 25.4. The number of anilines is 3. The van der Waals surface area contributed by atoms with Crippen molar-refractivity contribution in [3.05, 3.63) is 35.0 Å². The number of carbonyl (C=O) groups excluding carboxylic acids is 1. The van der Waals surface area contributed by atoms with Crippen molar-refractivity contribution in [2.45, 2.75) is 69.6 Å². The number of carbonyl (C=O) groups is 1. The van der Waals surface area contributed by atoms with Gasteiger partial charge in [-0.1, -0.05) is 11.6 Å². The molecule has 192 valence electrons. The van der Waals surface area contributed by atoms with Gasteiger partial charge in [0.1, 0.15) is 5.52 Å². The number of nitrogens with two attached hydrogens (primary N) is 1. The lowest BCUT2D eigenvalue weighted by Crippen LogP contribution is -2.30. The molecule has 2 heterocycles. The van der Waals surface area contributed by atoms with Gasteiger partial charge < -0.3 is 21.5 Å². The number of nitrogens with zero attached hydrogens (tertiary/aromatic N) is 4. The number of aliphatic hydroxyl groups is 1. The molecule has 0 unspecified atom stereocenters. The summed E-state index contributed by atoms with van der Waals surface area (Å²) < 4.78 is 30.6. The lowest BCUT2D eigenvalue weighted by molar-refractivity contribution is -0.122. The molecular weight excluding hydrogens is 492 g/mol. The molecule has 1 aromatic carbocycles. The van der Waals surface area contributed by atoms with Crippen molar-refractivity contribution in [3.8, 4) is 0 Å². The van der Waals surface area contributed by atoms with E-state index in [0.29, 0.717) is 49.2 Å². The van der Waals surface area contributed by atoms with Gasteiger partial charge in [0, 0.05) is 18.0 Å². The van der Waals surface area contributed by atoms with E-state index in [2.05, 4.69) is 20.6 Å². The van der Waals surface area contributed by atoms with Crippen LogP contribution in [0.1, 0.15) is 57.4 Å². The summed E-state index contributed by atoms with van der Waals surface area (Å²) in [5, 5.41) is 15.9. The summed E-state index contributed by atoms with van der Waals surface area (Å²) >= 11 is 5.71. The fourth-order valence-corrected chi connectivity index (χ4v) is 5.38. The molecule has 2 saturated carbocycles. The van der Waals surface area contributed by atoms with E-state index >= 15 is 0 Å². The lowest BCUT2D eigenvalue weighted by atomic mass is 9.85. The molecule has 2 aromatic heterocycles. The summed E-state index contributed by atoms with van der Waals surface area (Å²) in [5.74, 6) is -2.07. The van der Waals surface area contributed by atoms with Crippen LogP contribution in [0.15, 0.2) is 18.3 Å². The fourth-order valence-electron chi connectivity index (χ4n) is 5.23. The second-order valence-electron chi connectivity index (χ2n) is 9.63. The zero-order valence-corrected chi connectivity index (χ0v) is 20.3. The number of halogens is 3. The number of hydrogen-bond donors (Lipinski definition) is 4. The minimum absolute atomic E-state index is 0.0531. The van der Waals surface area contributed by atoms with Gasteiger partial charge in [0.25, 0.3) is 0 Å². The minimum Gasteiger partial charge on any atom is -0.393 e. The molecule has 12 heteroatoms. The Labute approximate surface area is 211 Å². The van der Waals surface area contributed by atoms with Gasteiger partial charge in [0.2, 0.25) is 17.8 Å². The molecule has 0 spiro atoms. The summed E-state index contributed by atoms with van der Waals surface area (Å²) in [6.45, 7) is 0. The van der Waals surface area contributed by atoms with Gasteiger partial charge in [-0.05, 0) is 63.5 Å². The number of hydrogen-bond acceptors (Lipinski definition) is 7. The monoisotopic (exact) mass is 519 g/mol. The number of nitrogens with one attached hydrogen (secondary N) is 2. The van der Waals surface area contributed by atoms with Gasteiger partial charge in [0.05, 0.1) is 23.0 Å². The van der Waals surface area contributed by atoms with E-state index in [1.165, 1.54) is 12.1 Å².